The smallest absolute Gasteiger partial charge is 0.265 e. The lowest BCUT2D eigenvalue weighted by Crippen LogP contribution is -2.20. The van der Waals surface area contributed by atoms with Crippen molar-refractivity contribution in [3.8, 4) is 0 Å². The molecule has 0 spiro atoms. The zero-order chi connectivity index (χ0) is 11.4. The van der Waals surface area contributed by atoms with E-state index in [4.69, 9.17) is 10.3 Å². The molecule has 86 valence electrons. The highest BCUT2D eigenvalue weighted by Crippen LogP contribution is 2.21. The first-order chi connectivity index (χ1) is 7.10. The largest absolute Gasteiger partial charge is 0.342 e. The van der Waals surface area contributed by atoms with E-state index in [9.17, 15) is 0 Å². The zero-order valence-electron chi connectivity index (χ0n) is 9.90. The summed E-state index contributed by atoms with van der Waals surface area (Å²) in [6.45, 7) is 7.06. The van der Waals surface area contributed by atoms with Crippen molar-refractivity contribution in [1.82, 2.24) is 10.1 Å². The molecule has 1 aromatic rings. The molecule has 5 heteroatoms. The topological polar surface area (TPSA) is 68.2 Å². The van der Waals surface area contributed by atoms with E-state index in [0.29, 0.717) is 17.8 Å². The summed E-state index contributed by atoms with van der Waals surface area (Å²) in [6, 6.07) is -0.165. The molecule has 0 aliphatic heterocycles. The highest BCUT2D eigenvalue weighted by atomic mass is 16.5. The summed E-state index contributed by atoms with van der Waals surface area (Å²) < 4.78 is 5.14. The van der Waals surface area contributed by atoms with Crippen molar-refractivity contribution in [2.24, 2.45) is 11.7 Å². The molecule has 0 saturated heterocycles. The van der Waals surface area contributed by atoms with Crippen molar-refractivity contribution in [1.29, 1.82) is 0 Å². The molecule has 2 atom stereocenters. The number of anilines is 1. The van der Waals surface area contributed by atoms with Crippen molar-refractivity contribution in [2.75, 3.05) is 18.5 Å². The first kappa shape index (κ1) is 12.0. The second-order valence-corrected chi connectivity index (χ2v) is 3.86. The van der Waals surface area contributed by atoms with Crippen molar-refractivity contribution in [3.05, 3.63) is 5.89 Å². The van der Waals surface area contributed by atoms with Crippen LogP contribution in [-0.2, 0) is 0 Å². The highest BCUT2D eigenvalue weighted by molar-refractivity contribution is 5.25. The minimum atomic E-state index is -0.165. The molecule has 1 rings (SSSR count). The Morgan fingerprint density at radius 3 is 2.67 bits per heavy atom. The van der Waals surface area contributed by atoms with Crippen LogP contribution in [0.1, 0.15) is 39.1 Å². The third-order valence-corrected chi connectivity index (χ3v) is 2.79. The Hall–Kier alpha value is -1.10. The monoisotopic (exact) mass is 212 g/mol. The van der Waals surface area contributed by atoms with Gasteiger partial charge in [-0.15, -0.1) is 0 Å². The van der Waals surface area contributed by atoms with Crippen LogP contribution in [0, 0.1) is 5.92 Å². The summed E-state index contributed by atoms with van der Waals surface area (Å²) >= 11 is 0. The van der Waals surface area contributed by atoms with Crippen LogP contribution in [0.3, 0.4) is 0 Å². The van der Waals surface area contributed by atoms with E-state index < -0.39 is 0 Å². The summed E-state index contributed by atoms with van der Waals surface area (Å²) in [6.07, 6.45) is 1.00. The summed E-state index contributed by atoms with van der Waals surface area (Å²) in [7, 11) is 1.92. The second kappa shape index (κ2) is 5.11. The Morgan fingerprint density at radius 2 is 2.13 bits per heavy atom. The van der Waals surface area contributed by atoms with Gasteiger partial charge in [0.2, 0.25) is 5.89 Å². The highest BCUT2D eigenvalue weighted by Gasteiger charge is 2.20. The fourth-order valence-electron chi connectivity index (χ4n) is 1.16. The molecule has 1 aromatic heterocycles. The van der Waals surface area contributed by atoms with Crippen LogP contribution in [0.5, 0.6) is 0 Å². The molecule has 0 aliphatic carbocycles. The quantitative estimate of drug-likeness (QED) is 0.802. The van der Waals surface area contributed by atoms with Crippen molar-refractivity contribution in [3.63, 3.8) is 0 Å². The molecule has 0 fully saturated rings. The number of nitrogens with zero attached hydrogens (tertiary/aromatic N) is 3. The molecule has 5 nitrogen and oxygen atoms in total. The standard InChI is InChI=1S/C10H20N4O/c1-5-7(3)8(11)9-12-10(13-15-9)14(4)6-2/h7-8H,5-6,11H2,1-4H3/t7-,8-/m0/s1. The first-order valence-electron chi connectivity index (χ1n) is 5.40. The van der Waals surface area contributed by atoms with Crippen LogP contribution in [0.2, 0.25) is 0 Å². The van der Waals surface area contributed by atoms with E-state index in [1.54, 1.807) is 0 Å². The third kappa shape index (κ3) is 2.68. The summed E-state index contributed by atoms with van der Waals surface area (Å²) in [5, 5.41) is 3.88. The molecule has 0 saturated carbocycles. The van der Waals surface area contributed by atoms with Gasteiger partial charge in [0.05, 0.1) is 6.04 Å². The fraction of sp³-hybridized carbons (Fsp3) is 0.800. The number of nitrogens with two attached hydrogens (primary N) is 1. The third-order valence-electron chi connectivity index (χ3n) is 2.79. The molecule has 0 unspecified atom stereocenters. The van der Waals surface area contributed by atoms with Crippen LogP contribution < -0.4 is 10.6 Å². The maximum Gasteiger partial charge on any atom is 0.265 e. The molecular formula is C10H20N4O. The van der Waals surface area contributed by atoms with E-state index in [2.05, 4.69) is 24.0 Å². The average Bonchev–Trinajstić information content (AvgIpc) is 2.75. The van der Waals surface area contributed by atoms with Gasteiger partial charge in [-0.25, -0.2) is 0 Å². The normalized spacial score (nSPS) is 15.0. The summed E-state index contributed by atoms with van der Waals surface area (Å²) in [4.78, 5) is 6.19. The Bertz CT molecular complexity index is 299. The van der Waals surface area contributed by atoms with Crippen LogP contribution in [0.25, 0.3) is 0 Å². The van der Waals surface area contributed by atoms with E-state index in [1.807, 2.05) is 18.9 Å². The van der Waals surface area contributed by atoms with Gasteiger partial charge in [-0.3, -0.25) is 0 Å². The van der Waals surface area contributed by atoms with Crippen LogP contribution in [0.15, 0.2) is 4.52 Å². The van der Waals surface area contributed by atoms with Gasteiger partial charge in [-0.1, -0.05) is 20.3 Å². The molecule has 0 aliphatic rings. The van der Waals surface area contributed by atoms with Crippen LogP contribution >= 0.6 is 0 Å². The number of hydrogen-bond donors (Lipinski definition) is 1. The lowest BCUT2D eigenvalue weighted by Gasteiger charge is -2.13. The second-order valence-electron chi connectivity index (χ2n) is 3.86. The lowest BCUT2D eigenvalue weighted by atomic mass is 10.0. The number of aromatic nitrogens is 2. The predicted molar refractivity (Wildman–Crippen MR) is 59.6 cm³/mol. The molecule has 1 heterocycles. The molecular weight excluding hydrogens is 192 g/mol. The van der Waals surface area contributed by atoms with Gasteiger partial charge in [0.25, 0.3) is 5.95 Å². The molecule has 0 amide bonds. The number of rotatable bonds is 5. The van der Waals surface area contributed by atoms with Crippen molar-refractivity contribution >= 4 is 5.95 Å². The van der Waals surface area contributed by atoms with Gasteiger partial charge in [-0.05, 0) is 18.0 Å². The van der Waals surface area contributed by atoms with E-state index >= 15 is 0 Å². The maximum absolute atomic E-state index is 5.99. The Morgan fingerprint density at radius 1 is 1.47 bits per heavy atom. The molecule has 0 aromatic carbocycles. The van der Waals surface area contributed by atoms with Gasteiger partial charge in [0, 0.05) is 13.6 Å². The SMILES string of the molecule is CC[C@H](C)[C@H](N)c1nc(N(C)CC)no1. The fourth-order valence-corrected chi connectivity index (χ4v) is 1.16. The van der Waals surface area contributed by atoms with E-state index in [1.165, 1.54) is 0 Å². The predicted octanol–water partition coefficient (Wildman–Crippen LogP) is 1.57. The van der Waals surface area contributed by atoms with Crippen molar-refractivity contribution in [2.45, 2.75) is 33.2 Å². The Labute approximate surface area is 90.6 Å². The maximum atomic E-state index is 5.99. The van der Waals surface area contributed by atoms with E-state index in [-0.39, 0.29) is 6.04 Å². The van der Waals surface area contributed by atoms with Crippen LogP contribution in [0.4, 0.5) is 5.95 Å². The van der Waals surface area contributed by atoms with Crippen LogP contribution in [-0.4, -0.2) is 23.7 Å². The Balaban J connectivity index is 2.75. The lowest BCUT2D eigenvalue weighted by molar-refractivity contribution is 0.312. The van der Waals surface area contributed by atoms with Gasteiger partial charge in [-0.2, -0.15) is 4.98 Å². The van der Waals surface area contributed by atoms with Gasteiger partial charge < -0.3 is 15.2 Å². The Kier molecular flexibility index (Phi) is 4.08. The van der Waals surface area contributed by atoms with Gasteiger partial charge >= 0.3 is 0 Å². The first-order valence-corrected chi connectivity index (χ1v) is 5.40. The van der Waals surface area contributed by atoms with Gasteiger partial charge in [0.15, 0.2) is 0 Å². The molecule has 0 radical (unpaired) electrons. The summed E-state index contributed by atoms with van der Waals surface area (Å²) in [5.74, 6) is 1.48. The minimum absolute atomic E-state index is 0.165. The number of hydrogen-bond acceptors (Lipinski definition) is 5. The average molecular weight is 212 g/mol. The minimum Gasteiger partial charge on any atom is -0.342 e. The van der Waals surface area contributed by atoms with Crippen molar-refractivity contribution < 1.29 is 4.52 Å². The van der Waals surface area contributed by atoms with E-state index in [0.717, 1.165) is 13.0 Å². The zero-order valence-corrected chi connectivity index (χ0v) is 9.90. The summed E-state index contributed by atoms with van der Waals surface area (Å²) in [5.41, 5.74) is 5.99. The molecule has 2 N–H and O–H groups in total. The molecule has 0 bridgehead atoms. The molecule has 15 heavy (non-hydrogen) atoms. The van der Waals surface area contributed by atoms with Gasteiger partial charge in [0.1, 0.15) is 0 Å².